The summed E-state index contributed by atoms with van der Waals surface area (Å²) in [6, 6.07) is 7.33. The maximum absolute atomic E-state index is 11.8. The number of unbranched alkanes of at least 4 members (excludes halogenated alkanes) is 3. The van der Waals surface area contributed by atoms with Gasteiger partial charge in [-0.25, -0.2) is 0 Å². The Labute approximate surface area is 122 Å². The van der Waals surface area contributed by atoms with Crippen LogP contribution < -0.4 is 5.32 Å². The topological polar surface area (TPSA) is 29.1 Å². The van der Waals surface area contributed by atoms with Gasteiger partial charge in [0.15, 0.2) is 0 Å². The molecule has 0 saturated carbocycles. The molecule has 0 aliphatic carbocycles. The van der Waals surface area contributed by atoms with E-state index in [9.17, 15) is 4.79 Å². The van der Waals surface area contributed by atoms with E-state index < -0.39 is 0 Å². The summed E-state index contributed by atoms with van der Waals surface area (Å²) >= 11 is 4.23. The lowest BCUT2D eigenvalue weighted by Gasteiger charge is -2.06. The number of hydrogen-bond donors (Lipinski definition) is 2. The molecule has 0 saturated heterocycles. The minimum Gasteiger partial charge on any atom is -0.352 e. The largest absolute Gasteiger partial charge is 0.352 e. The van der Waals surface area contributed by atoms with E-state index in [4.69, 9.17) is 0 Å². The Morgan fingerprint density at radius 3 is 2.63 bits per heavy atom. The first-order chi connectivity index (χ1) is 9.09. The fourth-order valence-corrected chi connectivity index (χ4v) is 2.21. The van der Waals surface area contributed by atoms with Gasteiger partial charge in [0.2, 0.25) is 0 Å². The van der Waals surface area contributed by atoms with Crippen molar-refractivity contribution in [2.75, 3.05) is 6.54 Å². The summed E-state index contributed by atoms with van der Waals surface area (Å²) in [4.78, 5) is 12.7. The zero-order valence-corrected chi connectivity index (χ0v) is 12.9. The number of rotatable bonds is 8. The third kappa shape index (κ3) is 7.26. The van der Waals surface area contributed by atoms with Crippen LogP contribution in [0.3, 0.4) is 0 Å². The normalized spacial score (nSPS) is 10.7. The molecule has 1 amide bonds. The molecule has 0 aromatic heterocycles. The van der Waals surface area contributed by atoms with Gasteiger partial charge >= 0.3 is 0 Å². The Kier molecular flexibility index (Phi) is 7.65. The summed E-state index contributed by atoms with van der Waals surface area (Å²) in [5.74, 6) is 0.797. The number of carbonyl (C=O) groups excluding carboxylic acids is 1. The molecule has 0 bridgehead atoms. The van der Waals surface area contributed by atoms with Crippen molar-refractivity contribution in [2.45, 2.75) is 50.8 Å². The van der Waals surface area contributed by atoms with E-state index in [0.29, 0.717) is 5.56 Å². The average molecular weight is 279 g/mol. The molecular weight excluding hydrogens is 254 g/mol. The van der Waals surface area contributed by atoms with Crippen LogP contribution in [0.25, 0.3) is 0 Å². The molecule has 2 nitrogen and oxygen atoms in total. The van der Waals surface area contributed by atoms with Crippen molar-refractivity contribution in [2.24, 2.45) is 5.92 Å². The van der Waals surface area contributed by atoms with Crippen LogP contribution in [0.15, 0.2) is 29.2 Å². The lowest BCUT2D eigenvalue weighted by Crippen LogP contribution is -2.24. The van der Waals surface area contributed by atoms with Crippen LogP contribution in [-0.4, -0.2) is 12.5 Å². The second-order valence-corrected chi connectivity index (χ2v) is 5.92. The van der Waals surface area contributed by atoms with E-state index in [0.717, 1.165) is 23.8 Å². The summed E-state index contributed by atoms with van der Waals surface area (Å²) in [5.41, 5.74) is 0.687. The third-order valence-corrected chi connectivity index (χ3v) is 3.38. The highest BCUT2D eigenvalue weighted by Crippen LogP contribution is 2.10. The van der Waals surface area contributed by atoms with E-state index in [2.05, 4.69) is 31.8 Å². The lowest BCUT2D eigenvalue weighted by atomic mass is 10.0. The van der Waals surface area contributed by atoms with Gasteiger partial charge in [-0.05, 0) is 30.5 Å². The van der Waals surface area contributed by atoms with Gasteiger partial charge in [0.05, 0.1) is 0 Å². The Bertz CT molecular complexity index is 390. The third-order valence-electron chi connectivity index (χ3n) is 3.10. The highest BCUT2D eigenvalue weighted by atomic mass is 32.1. The van der Waals surface area contributed by atoms with Crippen molar-refractivity contribution in [1.82, 2.24) is 5.32 Å². The molecule has 3 heteroatoms. The van der Waals surface area contributed by atoms with Gasteiger partial charge < -0.3 is 5.32 Å². The minimum atomic E-state index is -0.00178. The first-order valence-corrected chi connectivity index (χ1v) is 7.61. The Morgan fingerprint density at radius 2 is 1.95 bits per heavy atom. The van der Waals surface area contributed by atoms with E-state index in [1.165, 1.54) is 25.7 Å². The van der Waals surface area contributed by atoms with Gasteiger partial charge in [-0.2, -0.15) is 0 Å². The molecule has 1 aromatic rings. The molecule has 0 atom stereocenters. The Balaban J connectivity index is 2.11. The van der Waals surface area contributed by atoms with Crippen LogP contribution in [0.2, 0.25) is 0 Å². The molecule has 1 aromatic carbocycles. The monoisotopic (exact) mass is 279 g/mol. The second kappa shape index (κ2) is 9.03. The maximum Gasteiger partial charge on any atom is 0.251 e. The number of carbonyl (C=O) groups is 1. The van der Waals surface area contributed by atoms with Crippen molar-refractivity contribution in [3.63, 3.8) is 0 Å². The fourth-order valence-electron chi connectivity index (χ4n) is 1.98. The van der Waals surface area contributed by atoms with Crippen molar-refractivity contribution in [1.29, 1.82) is 0 Å². The molecule has 19 heavy (non-hydrogen) atoms. The Morgan fingerprint density at radius 1 is 1.21 bits per heavy atom. The van der Waals surface area contributed by atoms with Crippen molar-refractivity contribution >= 4 is 18.5 Å². The highest BCUT2D eigenvalue weighted by Gasteiger charge is 2.04. The molecule has 106 valence electrons. The van der Waals surface area contributed by atoms with Crippen molar-refractivity contribution in [3.8, 4) is 0 Å². The van der Waals surface area contributed by atoms with Gasteiger partial charge in [0.1, 0.15) is 0 Å². The van der Waals surface area contributed by atoms with Crippen LogP contribution in [0.5, 0.6) is 0 Å². The summed E-state index contributed by atoms with van der Waals surface area (Å²) < 4.78 is 0. The van der Waals surface area contributed by atoms with Gasteiger partial charge in [-0.15, -0.1) is 12.6 Å². The SMILES string of the molecule is CC(C)CCCCCCNC(=O)c1cccc(S)c1. The first kappa shape index (κ1) is 16.1. The predicted molar refractivity (Wildman–Crippen MR) is 84.0 cm³/mol. The highest BCUT2D eigenvalue weighted by molar-refractivity contribution is 7.80. The van der Waals surface area contributed by atoms with E-state index >= 15 is 0 Å². The average Bonchev–Trinajstić information content (AvgIpc) is 2.37. The molecule has 0 spiro atoms. The molecule has 0 aliphatic heterocycles. The molecule has 0 radical (unpaired) electrons. The van der Waals surface area contributed by atoms with Crippen LogP contribution >= 0.6 is 12.6 Å². The van der Waals surface area contributed by atoms with Crippen LogP contribution in [-0.2, 0) is 0 Å². The first-order valence-electron chi connectivity index (χ1n) is 7.17. The second-order valence-electron chi connectivity index (χ2n) is 5.40. The van der Waals surface area contributed by atoms with Gasteiger partial charge in [-0.1, -0.05) is 45.6 Å². The molecule has 0 aliphatic rings. The van der Waals surface area contributed by atoms with Gasteiger partial charge in [-0.3, -0.25) is 4.79 Å². The quantitative estimate of drug-likeness (QED) is 0.539. The summed E-state index contributed by atoms with van der Waals surface area (Å²) in [6.07, 6.45) is 6.12. The zero-order valence-electron chi connectivity index (χ0n) is 12.0. The fraction of sp³-hybridized carbons (Fsp3) is 0.562. The lowest BCUT2D eigenvalue weighted by molar-refractivity contribution is 0.0952. The molecular formula is C16H25NOS. The van der Waals surface area contributed by atoms with Gasteiger partial charge in [0.25, 0.3) is 5.91 Å². The van der Waals surface area contributed by atoms with Crippen molar-refractivity contribution in [3.05, 3.63) is 29.8 Å². The standard InChI is InChI=1S/C16H25NOS/c1-13(2)8-5-3-4-6-11-17-16(18)14-9-7-10-15(19)12-14/h7,9-10,12-13,19H,3-6,8,11H2,1-2H3,(H,17,18). The summed E-state index contributed by atoms with van der Waals surface area (Å²) in [5, 5.41) is 2.95. The number of hydrogen-bond acceptors (Lipinski definition) is 2. The van der Waals surface area contributed by atoms with Gasteiger partial charge in [0, 0.05) is 17.0 Å². The molecule has 0 fully saturated rings. The Hall–Kier alpha value is -0.960. The number of amides is 1. The zero-order chi connectivity index (χ0) is 14.1. The maximum atomic E-state index is 11.8. The predicted octanol–water partition coefficient (Wildman–Crippen LogP) is 4.31. The molecule has 1 rings (SSSR count). The summed E-state index contributed by atoms with van der Waals surface area (Å²) in [7, 11) is 0. The number of benzene rings is 1. The number of nitrogens with one attached hydrogen (secondary N) is 1. The van der Waals surface area contributed by atoms with E-state index in [-0.39, 0.29) is 5.91 Å². The van der Waals surface area contributed by atoms with Crippen LogP contribution in [0, 0.1) is 5.92 Å². The minimum absolute atomic E-state index is 0.00178. The molecule has 0 unspecified atom stereocenters. The van der Waals surface area contributed by atoms with Crippen LogP contribution in [0.1, 0.15) is 56.3 Å². The number of thiol groups is 1. The van der Waals surface area contributed by atoms with E-state index in [1.54, 1.807) is 6.07 Å². The summed E-state index contributed by atoms with van der Waals surface area (Å²) in [6.45, 7) is 5.28. The smallest absolute Gasteiger partial charge is 0.251 e. The molecule has 1 N–H and O–H groups in total. The van der Waals surface area contributed by atoms with Crippen molar-refractivity contribution < 1.29 is 4.79 Å². The van der Waals surface area contributed by atoms with E-state index in [1.807, 2.05) is 18.2 Å². The molecule has 0 heterocycles. The van der Waals surface area contributed by atoms with Crippen LogP contribution in [0.4, 0.5) is 0 Å².